The molecule has 2 N–H and O–H groups in total. The predicted molar refractivity (Wildman–Crippen MR) is 97.4 cm³/mol. The van der Waals surface area contributed by atoms with Gasteiger partial charge in [-0.3, -0.25) is 9.52 Å². The Kier molecular flexibility index (Phi) is 5.74. The van der Waals surface area contributed by atoms with Gasteiger partial charge >= 0.3 is 0 Å². The van der Waals surface area contributed by atoms with Crippen molar-refractivity contribution in [2.24, 2.45) is 0 Å². The van der Waals surface area contributed by atoms with E-state index < -0.39 is 10.0 Å². The van der Waals surface area contributed by atoms with E-state index in [-0.39, 0.29) is 11.9 Å². The van der Waals surface area contributed by atoms with Crippen molar-refractivity contribution in [1.82, 2.24) is 10.3 Å². The van der Waals surface area contributed by atoms with Gasteiger partial charge in [-0.15, -0.1) is 11.3 Å². The number of benzene rings is 1. The van der Waals surface area contributed by atoms with Crippen LogP contribution in [0.15, 0.2) is 35.7 Å². The van der Waals surface area contributed by atoms with Crippen LogP contribution < -0.4 is 10.0 Å². The zero-order valence-electron chi connectivity index (χ0n) is 13.6. The van der Waals surface area contributed by atoms with Gasteiger partial charge in [0, 0.05) is 11.5 Å². The van der Waals surface area contributed by atoms with E-state index in [4.69, 9.17) is 0 Å². The van der Waals surface area contributed by atoms with E-state index >= 15 is 0 Å². The minimum absolute atomic E-state index is 0.276. The lowest BCUT2D eigenvalue weighted by molar-refractivity contribution is -0.117. The number of carbonyl (C=O) groups excluding carboxylic acids is 1. The van der Waals surface area contributed by atoms with Crippen LogP contribution in [0.25, 0.3) is 6.08 Å². The molecule has 0 fully saturated rings. The smallest absolute Gasteiger partial charge is 0.244 e. The molecule has 0 aliphatic carbocycles. The van der Waals surface area contributed by atoms with Crippen molar-refractivity contribution < 1.29 is 13.2 Å². The minimum Gasteiger partial charge on any atom is -0.346 e. The number of aryl methyl sites for hydroxylation is 1. The second-order valence-electron chi connectivity index (χ2n) is 5.32. The van der Waals surface area contributed by atoms with Crippen LogP contribution in [0.3, 0.4) is 0 Å². The average Bonchev–Trinajstić information content (AvgIpc) is 2.89. The number of hydrogen-bond donors (Lipinski definition) is 2. The highest BCUT2D eigenvalue weighted by molar-refractivity contribution is 7.92. The molecule has 8 heteroatoms. The lowest BCUT2D eigenvalue weighted by atomic mass is 10.1. The number of para-hydroxylation sites is 1. The van der Waals surface area contributed by atoms with Crippen molar-refractivity contribution >= 4 is 39.0 Å². The summed E-state index contributed by atoms with van der Waals surface area (Å²) in [5, 5.41) is 5.62. The number of hydrogen-bond acceptors (Lipinski definition) is 5. The molecule has 1 aromatic carbocycles. The second kappa shape index (κ2) is 7.59. The van der Waals surface area contributed by atoms with Gasteiger partial charge in [-0.1, -0.05) is 18.2 Å². The van der Waals surface area contributed by atoms with E-state index in [1.165, 1.54) is 17.4 Å². The maximum absolute atomic E-state index is 12.0. The number of thiazole rings is 1. The quantitative estimate of drug-likeness (QED) is 0.771. The van der Waals surface area contributed by atoms with Crippen molar-refractivity contribution in [3.8, 4) is 0 Å². The monoisotopic (exact) mass is 365 g/mol. The number of carbonyl (C=O) groups is 1. The highest BCUT2D eigenvalue weighted by Crippen LogP contribution is 2.23. The van der Waals surface area contributed by atoms with Crippen LogP contribution in [0.5, 0.6) is 0 Å². The maximum atomic E-state index is 12.0. The molecule has 2 rings (SSSR count). The van der Waals surface area contributed by atoms with Crippen LogP contribution in [-0.4, -0.2) is 25.6 Å². The number of nitrogens with one attached hydrogen (secondary N) is 2. The molecule has 6 nitrogen and oxygen atoms in total. The molecule has 0 saturated carbocycles. The first-order valence-corrected chi connectivity index (χ1v) is 9.99. The first-order valence-electron chi connectivity index (χ1n) is 7.22. The summed E-state index contributed by atoms with van der Waals surface area (Å²) in [6, 6.07) is 6.60. The van der Waals surface area contributed by atoms with E-state index in [0.29, 0.717) is 11.3 Å². The lowest BCUT2D eigenvalue weighted by Gasteiger charge is -2.17. The fourth-order valence-corrected chi connectivity index (χ4v) is 3.29. The van der Waals surface area contributed by atoms with Gasteiger partial charge in [0.2, 0.25) is 15.9 Å². The molecule has 0 spiro atoms. The Hall–Kier alpha value is -2.19. The topological polar surface area (TPSA) is 88.2 Å². The number of nitrogens with zero attached hydrogens (tertiary/aromatic N) is 1. The van der Waals surface area contributed by atoms with Gasteiger partial charge in [0.15, 0.2) is 0 Å². The highest BCUT2D eigenvalue weighted by Gasteiger charge is 2.14. The highest BCUT2D eigenvalue weighted by atomic mass is 32.2. The molecule has 1 atom stereocenters. The largest absolute Gasteiger partial charge is 0.346 e. The summed E-state index contributed by atoms with van der Waals surface area (Å²) in [6.07, 6.45) is 4.15. The Morgan fingerprint density at radius 2 is 2.04 bits per heavy atom. The molecule has 0 radical (unpaired) electrons. The van der Waals surface area contributed by atoms with Crippen LogP contribution in [0.1, 0.15) is 29.2 Å². The summed E-state index contributed by atoms with van der Waals surface area (Å²) < 4.78 is 25.3. The number of rotatable bonds is 6. The minimum atomic E-state index is -3.39. The lowest BCUT2D eigenvalue weighted by Crippen LogP contribution is -2.25. The number of anilines is 1. The summed E-state index contributed by atoms with van der Waals surface area (Å²) in [5.74, 6) is -0.276. The van der Waals surface area contributed by atoms with Crippen molar-refractivity contribution in [1.29, 1.82) is 0 Å². The van der Waals surface area contributed by atoms with Crippen LogP contribution in [0.2, 0.25) is 0 Å². The molecule has 1 amide bonds. The first-order chi connectivity index (χ1) is 11.2. The third kappa shape index (κ3) is 5.47. The molecular formula is C16H19N3O3S2. The van der Waals surface area contributed by atoms with E-state index in [0.717, 1.165) is 17.0 Å². The maximum Gasteiger partial charge on any atom is 0.244 e. The van der Waals surface area contributed by atoms with Gasteiger partial charge in [0.25, 0.3) is 0 Å². The Balaban J connectivity index is 2.08. The van der Waals surface area contributed by atoms with E-state index in [1.807, 2.05) is 12.3 Å². The van der Waals surface area contributed by atoms with Crippen molar-refractivity contribution in [2.45, 2.75) is 19.9 Å². The van der Waals surface area contributed by atoms with Gasteiger partial charge in [0.05, 0.1) is 28.7 Å². The number of sulfonamides is 1. The molecule has 0 aliphatic heterocycles. The molecule has 0 bridgehead atoms. The summed E-state index contributed by atoms with van der Waals surface area (Å²) in [6.45, 7) is 3.69. The second-order valence-corrected chi connectivity index (χ2v) is 8.13. The molecule has 0 aliphatic rings. The van der Waals surface area contributed by atoms with Crippen LogP contribution in [-0.2, 0) is 14.8 Å². The first kappa shape index (κ1) is 18.2. The molecule has 1 heterocycles. The van der Waals surface area contributed by atoms with Crippen LogP contribution >= 0.6 is 11.3 Å². The number of amides is 1. The third-order valence-corrected chi connectivity index (χ3v) is 4.51. The van der Waals surface area contributed by atoms with Gasteiger partial charge in [-0.2, -0.15) is 0 Å². The van der Waals surface area contributed by atoms with Crippen molar-refractivity contribution in [2.75, 3.05) is 11.0 Å². The van der Waals surface area contributed by atoms with Crippen molar-refractivity contribution in [3.05, 3.63) is 52.0 Å². The van der Waals surface area contributed by atoms with E-state index in [9.17, 15) is 13.2 Å². The SMILES string of the molecule is Cc1nc(/C=C\C(=O)N[C@H](C)c2ccccc2NS(C)(=O)=O)cs1. The Morgan fingerprint density at radius 3 is 2.67 bits per heavy atom. The van der Waals surface area contributed by atoms with Gasteiger partial charge < -0.3 is 5.32 Å². The van der Waals surface area contributed by atoms with Gasteiger partial charge in [0.1, 0.15) is 0 Å². The molecule has 1 aromatic heterocycles. The summed E-state index contributed by atoms with van der Waals surface area (Å²) in [4.78, 5) is 16.3. The van der Waals surface area contributed by atoms with Crippen LogP contribution in [0.4, 0.5) is 5.69 Å². The molecule has 0 saturated heterocycles. The average molecular weight is 365 g/mol. The fourth-order valence-electron chi connectivity index (χ4n) is 2.12. The van der Waals surface area contributed by atoms with Crippen molar-refractivity contribution in [3.63, 3.8) is 0 Å². The molecule has 0 unspecified atom stereocenters. The van der Waals surface area contributed by atoms with Gasteiger partial charge in [-0.25, -0.2) is 13.4 Å². The summed E-state index contributed by atoms with van der Waals surface area (Å²) in [5.41, 5.74) is 1.88. The fraction of sp³-hybridized carbons (Fsp3) is 0.250. The Bertz CT molecular complexity index is 857. The summed E-state index contributed by atoms with van der Waals surface area (Å²) in [7, 11) is -3.39. The zero-order chi connectivity index (χ0) is 17.7. The van der Waals surface area contributed by atoms with E-state index in [1.54, 1.807) is 37.3 Å². The van der Waals surface area contributed by atoms with E-state index in [2.05, 4.69) is 15.0 Å². The zero-order valence-corrected chi connectivity index (χ0v) is 15.2. The molecule has 24 heavy (non-hydrogen) atoms. The normalized spacial score (nSPS) is 13.0. The molecular weight excluding hydrogens is 346 g/mol. The van der Waals surface area contributed by atoms with Crippen LogP contribution in [0, 0.1) is 6.92 Å². The predicted octanol–water partition coefficient (Wildman–Crippen LogP) is 2.71. The molecule has 2 aromatic rings. The number of aromatic nitrogens is 1. The van der Waals surface area contributed by atoms with Gasteiger partial charge in [-0.05, 0) is 31.6 Å². The standard InChI is InChI=1S/C16H19N3O3S2/c1-11(14-6-4-5-7-15(14)19-24(3,21)22)17-16(20)9-8-13-10-23-12(2)18-13/h4-11,19H,1-3H3,(H,17,20)/b9-8-/t11-/m1/s1. The molecule has 128 valence electrons. The summed E-state index contributed by atoms with van der Waals surface area (Å²) >= 11 is 1.51. The Labute approximate surface area is 145 Å². The Morgan fingerprint density at radius 1 is 1.33 bits per heavy atom. The third-order valence-electron chi connectivity index (χ3n) is 3.12.